The molecule has 5 heteroatoms. The zero-order valence-electron chi connectivity index (χ0n) is 9.74. The maximum atomic E-state index is 13.8. The van der Waals surface area contributed by atoms with Gasteiger partial charge in [0, 0.05) is 38.5 Å². The number of nitrogens with two attached hydrogens (primary N) is 1. The molecule has 0 aliphatic rings. The van der Waals surface area contributed by atoms with Crippen LogP contribution >= 0.6 is 0 Å². The number of halogens is 1. The van der Waals surface area contributed by atoms with Crippen molar-refractivity contribution in [1.29, 1.82) is 0 Å². The molecule has 0 aromatic carbocycles. The summed E-state index contributed by atoms with van der Waals surface area (Å²) in [5.41, 5.74) is 5.91. The summed E-state index contributed by atoms with van der Waals surface area (Å²) in [6.45, 7) is 3.92. The highest BCUT2D eigenvalue weighted by Crippen LogP contribution is 2.17. The van der Waals surface area contributed by atoms with Crippen molar-refractivity contribution in [3.8, 4) is 0 Å². The van der Waals surface area contributed by atoms with Crippen molar-refractivity contribution in [3.63, 3.8) is 0 Å². The Morgan fingerprint density at radius 2 is 2.31 bits per heavy atom. The molecule has 0 radical (unpaired) electrons. The van der Waals surface area contributed by atoms with Crippen molar-refractivity contribution in [3.05, 3.63) is 23.6 Å². The molecule has 0 saturated heterocycles. The Morgan fingerprint density at radius 1 is 1.56 bits per heavy atom. The van der Waals surface area contributed by atoms with Gasteiger partial charge in [-0.05, 0) is 13.0 Å². The number of ether oxygens (including phenoxy) is 1. The fourth-order valence-electron chi connectivity index (χ4n) is 1.35. The van der Waals surface area contributed by atoms with Crippen LogP contribution in [0.3, 0.4) is 0 Å². The molecule has 90 valence electrons. The Kier molecular flexibility index (Phi) is 5.14. The van der Waals surface area contributed by atoms with Crippen molar-refractivity contribution in [2.45, 2.75) is 13.5 Å². The van der Waals surface area contributed by atoms with Gasteiger partial charge in [-0.3, -0.25) is 0 Å². The van der Waals surface area contributed by atoms with Crippen molar-refractivity contribution in [2.24, 2.45) is 5.73 Å². The Balaban J connectivity index is 2.71. The summed E-state index contributed by atoms with van der Waals surface area (Å²) in [6, 6.07) is 1.59. The first-order valence-corrected chi connectivity index (χ1v) is 5.33. The lowest BCUT2D eigenvalue weighted by Gasteiger charge is -2.19. The molecule has 1 aromatic heterocycles. The van der Waals surface area contributed by atoms with Gasteiger partial charge in [-0.25, -0.2) is 9.37 Å². The van der Waals surface area contributed by atoms with Crippen LogP contribution in [0.15, 0.2) is 12.3 Å². The van der Waals surface area contributed by atoms with Gasteiger partial charge in [0.15, 0.2) is 11.6 Å². The van der Waals surface area contributed by atoms with E-state index in [1.807, 2.05) is 6.92 Å². The Morgan fingerprint density at radius 3 is 2.94 bits per heavy atom. The lowest BCUT2D eigenvalue weighted by atomic mass is 10.2. The lowest BCUT2D eigenvalue weighted by molar-refractivity contribution is 0.154. The van der Waals surface area contributed by atoms with Crippen molar-refractivity contribution < 1.29 is 9.13 Å². The van der Waals surface area contributed by atoms with Crippen LogP contribution in [-0.2, 0) is 11.3 Å². The molecule has 0 bridgehead atoms. The Hall–Kier alpha value is -1.20. The van der Waals surface area contributed by atoms with Crippen LogP contribution in [0.2, 0.25) is 0 Å². The van der Waals surface area contributed by atoms with Gasteiger partial charge in [-0.15, -0.1) is 0 Å². The van der Waals surface area contributed by atoms with E-state index in [1.165, 1.54) is 0 Å². The first-order valence-electron chi connectivity index (χ1n) is 5.33. The van der Waals surface area contributed by atoms with E-state index in [-0.39, 0.29) is 12.4 Å². The number of hydrogen-bond acceptors (Lipinski definition) is 4. The van der Waals surface area contributed by atoms with Crippen LogP contribution in [0.25, 0.3) is 0 Å². The third-order valence-corrected chi connectivity index (χ3v) is 2.31. The molecule has 0 saturated carbocycles. The number of rotatable bonds is 6. The van der Waals surface area contributed by atoms with Gasteiger partial charge in [0.05, 0.1) is 6.61 Å². The van der Waals surface area contributed by atoms with E-state index in [2.05, 4.69) is 4.98 Å². The second kappa shape index (κ2) is 6.40. The van der Waals surface area contributed by atoms with Crippen molar-refractivity contribution >= 4 is 5.82 Å². The van der Waals surface area contributed by atoms with Gasteiger partial charge in [-0.1, -0.05) is 0 Å². The number of hydrogen-bond donors (Lipinski definition) is 1. The first-order chi connectivity index (χ1) is 7.70. The standard InChI is InChI=1S/C11H18FN3O/c1-3-16-7-6-15(2)11-10(12)9(8-13)4-5-14-11/h4-5H,3,6-8,13H2,1-2H3. The van der Waals surface area contributed by atoms with E-state index in [1.54, 1.807) is 24.2 Å². The van der Waals surface area contributed by atoms with Crippen LogP contribution in [0.5, 0.6) is 0 Å². The third kappa shape index (κ3) is 3.15. The minimum absolute atomic E-state index is 0.181. The molecule has 0 aliphatic carbocycles. The highest BCUT2D eigenvalue weighted by Gasteiger charge is 2.11. The highest BCUT2D eigenvalue weighted by molar-refractivity contribution is 5.42. The number of likely N-dealkylation sites (N-methyl/N-ethyl adjacent to an activating group) is 1. The number of nitrogens with zero attached hydrogens (tertiary/aromatic N) is 2. The van der Waals surface area contributed by atoms with Crippen LogP contribution in [-0.4, -0.2) is 31.8 Å². The molecule has 16 heavy (non-hydrogen) atoms. The zero-order valence-corrected chi connectivity index (χ0v) is 9.74. The Labute approximate surface area is 95.2 Å². The van der Waals surface area contributed by atoms with E-state index in [0.717, 1.165) is 0 Å². The normalized spacial score (nSPS) is 10.5. The molecular formula is C11H18FN3O. The third-order valence-electron chi connectivity index (χ3n) is 2.31. The van der Waals surface area contributed by atoms with Crippen LogP contribution in [0.1, 0.15) is 12.5 Å². The molecule has 1 rings (SSSR count). The van der Waals surface area contributed by atoms with Gasteiger partial charge >= 0.3 is 0 Å². The molecule has 0 spiro atoms. The summed E-state index contributed by atoms with van der Waals surface area (Å²) in [7, 11) is 1.78. The van der Waals surface area contributed by atoms with Crippen LogP contribution in [0, 0.1) is 5.82 Å². The zero-order chi connectivity index (χ0) is 12.0. The molecule has 2 N–H and O–H groups in total. The van der Waals surface area contributed by atoms with Gasteiger partial charge in [-0.2, -0.15) is 0 Å². The fraction of sp³-hybridized carbons (Fsp3) is 0.545. The van der Waals surface area contributed by atoms with Gasteiger partial charge < -0.3 is 15.4 Å². The lowest BCUT2D eigenvalue weighted by Crippen LogP contribution is -2.25. The van der Waals surface area contributed by atoms with E-state index >= 15 is 0 Å². The highest BCUT2D eigenvalue weighted by atomic mass is 19.1. The molecule has 1 aromatic rings. The number of pyridine rings is 1. The minimum Gasteiger partial charge on any atom is -0.380 e. The van der Waals surface area contributed by atoms with Gasteiger partial charge in [0.1, 0.15) is 0 Å². The molecule has 0 amide bonds. The van der Waals surface area contributed by atoms with Crippen molar-refractivity contribution in [2.75, 3.05) is 31.7 Å². The SMILES string of the molecule is CCOCCN(C)c1nccc(CN)c1F. The molecule has 4 nitrogen and oxygen atoms in total. The summed E-state index contributed by atoms with van der Waals surface area (Å²) in [4.78, 5) is 5.73. The second-order valence-electron chi connectivity index (χ2n) is 3.43. The molecule has 0 unspecified atom stereocenters. The summed E-state index contributed by atoms with van der Waals surface area (Å²) < 4.78 is 19.0. The largest absolute Gasteiger partial charge is 0.380 e. The maximum absolute atomic E-state index is 13.8. The van der Waals surface area contributed by atoms with Gasteiger partial charge in [0.2, 0.25) is 0 Å². The van der Waals surface area contributed by atoms with Crippen LogP contribution in [0.4, 0.5) is 10.2 Å². The summed E-state index contributed by atoms with van der Waals surface area (Å²) in [5, 5.41) is 0. The number of aromatic nitrogens is 1. The average Bonchev–Trinajstić information content (AvgIpc) is 2.29. The topological polar surface area (TPSA) is 51.4 Å². The van der Waals surface area contributed by atoms with E-state index in [0.29, 0.717) is 31.1 Å². The number of anilines is 1. The van der Waals surface area contributed by atoms with Crippen LogP contribution < -0.4 is 10.6 Å². The smallest absolute Gasteiger partial charge is 0.170 e. The quantitative estimate of drug-likeness (QED) is 0.741. The Bertz CT molecular complexity index is 333. The van der Waals surface area contributed by atoms with Crippen molar-refractivity contribution in [1.82, 2.24) is 4.98 Å². The van der Waals surface area contributed by atoms with Gasteiger partial charge in [0.25, 0.3) is 0 Å². The predicted octanol–water partition coefficient (Wildman–Crippen LogP) is 1.15. The first kappa shape index (κ1) is 12.9. The molecule has 0 fully saturated rings. The minimum atomic E-state index is -0.344. The molecule has 1 heterocycles. The second-order valence-corrected chi connectivity index (χ2v) is 3.43. The fourth-order valence-corrected chi connectivity index (χ4v) is 1.35. The van der Waals surface area contributed by atoms with E-state index < -0.39 is 0 Å². The average molecular weight is 227 g/mol. The summed E-state index contributed by atoms with van der Waals surface area (Å²) >= 11 is 0. The summed E-state index contributed by atoms with van der Waals surface area (Å²) in [6.07, 6.45) is 1.57. The van der Waals surface area contributed by atoms with E-state index in [9.17, 15) is 4.39 Å². The molecule has 0 atom stereocenters. The van der Waals surface area contributed by atoms with E-state index in [4.69, 9.17) is 10.5 Å². The predicted molar refractivity (Wildman–Crippen MR) is 61.8 cm³/mol. The molecule has 0 aliphatic heterocycles. The molecular weight excluding hydrogens is 209 g/mol. The monoisotopic (exact) mass is 227 g/mol. The summed E-state index contributed by atoms with van der Waals surface area (Å²) in [5.74, 6) is -0.0216. The maximum Gasteiger partial charge on any atom is 0.170 e.